The Morgan fingerprint density at radius 3 is 2.17 bits per heavy atom. The van der Waals surface area contributed by atoms with Crippen LogP contribution in [0.3, 0.4) is 0 Å². The molecule has 3 aromatic rings. The minimum atomic E-state index is -0.457. The van der Waals surface area contributed by atoms with Crippen molar-refractivity contribution in [2.75, 3.05) is 19.6 Å². The number of amides is 2. The summed E-state index contributed by atoms with van der Waals surface area (Å²) < 4.78 is 0. The van der Waals surface area contributed by atoms with Crippen LogP contribution in [-0.4, -0.2) is 47.3 Å². The second-order valence-corrected chi connectivity index (χ2v) is 9.91. The van der Waals surface area contributed by atoms with Crippen molar-refractivity contribution in [2.24, 2.45) is 5.73 Å². The van der Waals surface area contributed by atoms with Crippen molar-refractivity contribution >= 4 is 11.8 Å². The molecule has 2 heterocycles. The third-order valence-electron chi connectivity index (χ3n) is 7.55. The molecule has 0 radical (unpaired) electrons. The van der Waals surface area contributed by atoms with E-state index in [0.29, 0.717) is 31.0 Å². The van der Waals surface area contributed by atoms with Crippen molar-refractivity contribution in [3.63, 3.8) is 0 Å². The predicted octanol–water partition coefficient (Wildman–Crippen LogP) is 4.72. The number of nitrogens with two attached hydrogens (primary N) is 1. The first-order valence-electron chi connectivity index (χ1n) is 12.6. The van der Waals surface area contributed by atoms with Crippen LogP contribution >= 0.6 is 0 Å². The van der Waals surface area contributed by atoms with E-state index in [1.165, 1.54) is 11.1 Å². The Labute approximate surface area is 207 Å². The van der Waals surface area contributed by atoms with Crippen LogP contribution in [0.1, 0.15) is 64.7 Å². The molecule has 2 N–H and O–H groups in total. The Balaban J connectivity index is 1.40. The summed E-state index contributed by atoms with van der Waals surface area (Å²) in [5.74, 6) is 0.457. The van der Waals surface area contributed by atoms with Gasteiger partial charge in [0.15, 0.2) is 0 Å². The smallest absolute Gasteiger partial charge is 0.254 e. The molecule has 0 spiro atoms. The lowest BCUT2D eigenvalue weighted by Crippen LogP contribution is -2.47. The van der Waals surface area contributed by atoms with Gasteiger partial charge in [-0.15, -0.1) is 0 Å². The number of hydrogen-bond acceptors (Lipinski definition) is 3. The lowest BCUT2D eigenvalue weighted by atomic mass is 9.96. The van der Waals surface area contributed by atoms with Gasteiger partial charge in [0.2, 0.25) is 5.91 Å². The second-order valence-electron chi connectivity index (χ2n) is 9.91. The highest BCUT2D eigenvalue weighted by molar-refractivity contribution is 5.98. The summed E-state index contributed by atoms with van der Waals surface area (Å²) in [4.78, 5) is 31.3. The van der Waals surface area contributed by atoms with Crippen LogP contribution in [0, 0.1) is 0 Å². The number of carbonyl (C=O) groups excluding carboxylic acids is 2. The zero-order valence-electron chi connectivity index (χ0n) is 20.2. The van der Waals surface area contributed by atoms with E-state index in [2.05, 4.69) is 36.4 Å². The zero-order valence-corrected chi connectivity index (χ0v) is 20.2. The lowest BCUT2D eigenvalue weighted by molar-refractivity contribution is -0.134. The Morgan fingerprint density at radius 2 is 1.51 bits per heavy atom. The number of nitrogens with zero attached hydrogens (tertiary/aromatic N) is 2. The summed E-state index contributed by atoms with van der Waals surface area (Å²) in [5.41, 5.74) is 10.0. The number of benzene rings is 3. The van der Waals surface area contributed by atoms with Gasteiger partial charge in [0.25, 0.3) is 5.91 Å². The van der Waals surface area contributed by atoms with Crippen molar-refractivity contribution in [1.29, 1.82) is 0 Å². The van der Waals surface area contributed by atoms with Crippen LogP contribution in [0.15, 0.2) is 84.9 Å². The van der Waals surface area contributed by atoms with E-state index in [1.807, 2.05) is 60.4 Å². The van der Waals surface area contributed by atoms with Gasteiger partial charge in [0.05, 0.1) is 0 Å². The van der Waals surface area contributed by atoms with Crippen LogP contribution in [0.5, 0.6) is 0 Å². The van der Waals surface area contributed by atoms with Gasteiger partial charge >= 0.3 is 0 Å². The van der Waals surface area contributed by atoms with Crippen LogP contribution < -0.4 is 5.73 Å². The van der Waals surface area contributed by atoms with E-state index in [9.17, 15) is 9.59 Å². The molecule has 2 fully saturated rings. The highest BCUT2D eigenvalue weighted by atomic mass is 16.2. The summed E-state index contributed by atoms with van der Waals surface area (Å²) >= 11 is 0. The highest BCUT2D eigenvalue weighted by Crippen LogP contribution is 2.36. The normalized spacial score (nSPS) is 22.9. The molecule has 0 aliphatic carbocycles. The number of likely N-dealkylation sites (tertiary alicyclic amines) is 2. The van der Waals surface area contributed by atoms with E-state index >= 15 is 0 Å². The lowest BCUT2D eigenvalue weighted by Gasteiger charge is -2.28. The number of rotatable bonds is 5. The topological polar surface area (TPSA) is 66.6 Å². The maximum absolute atomic E-state index is 13.8. The Morgan fingerprint density at radius 1 is 0.857 bits per heavy atom. The first-order valence-corrected chi connectivity index (χ1v) is 12.6. The maximum Gasteiger partial charge on any atom is 0.254 e. The van der Waals surface area contributed by atoms with Crippen LogP contribution in [0.2, 0.25) is 0 Å². The second kappa shape index (κ2) is 10.0. The summed E-state index contributed by atoms with van der Waals surface area (Å²) in [6.45, 7) is 3.88. The molecule has 0 saturated carbocycles. The molecule has 2 aliphatic rings. The van der Waals surface area contributed by atoms with Gasteiger partial charge < -0.3 is 15.5 Å². The van der Waals surface area contributed by atoms with Crippen molar-refractivity contribution in [1.82, 2.24) is 9.80 Å². The van der Waals surface area contributed by atoms with Crippen molar-refractivity contribution < 1.29 is 9.59 Å². The standard InChI is InChI=1S/C30H33N3O2/c1-21(31)24-13-8-14-25(17-24)29(34)33-20-27(23-11-6-3-7-12-23)18-28(33)30(35)32-16-15-26(19-32)22-9-4-2-5-10-22/h2-14,17,21,26-28H,15-16,18-20,31H2,1H3/t21?,26?,27-,28-/m0/s1. The van der Waals surface area contributed by atoms with Crippen molar-refractivity contribution in [3.05, 3.63) is 107 Å². The van der Waals surface area contributed by atoms with E-state index in [-0.39, 0.29) is 23.8 Å². The first-order chi connectivity index (χ1) is 17.0. The SMILES string of the molecule is CC(N)c1cccc(C(=O)N2C[C@@H](c3ccccc3)C[C@H]2C(=O)N2CCC(c3ccccc3)C2)c1. The molecule has 5 nitrogen and oxygen atoms in total. The summed E-state index contributed by atoms with van der Waals surface area (Å²) in [6.07, 6.45) is 1.60. The Bertz CT molecular complexity index is 1180. The number of carbonyl (C=O) groups is 2. The Hall–Kier alpha value is -3.44. The van der Waals surface area contributed by atoms with E-state index in [0.717, 1.165) is 18.5 Å². The molecule has 2 unspecified atom stereocenters. The molecule has 35 heavy (non-hydrogen) atoms. The minimum absolute atomic E-state index is 0.0681. The predicted molar refractivity (Wildman–Crippen MR) is 138 cm³/mol. The fraction of sp³-hybridized carbons (Fsp3) is 0.333. The zero-order chi connectivity index (χ0) is 24.4. The molecular formula is C30H33N3O2. The highest BCUT2D eigenvalue weighted by Gasteiger charge is 2.43. The molecule has 2 saturated heterocycles. The molecule has 180 valence electrons. The largest absolute Gasteiger partial charge is 0.340 e. The molecule has 5 rings (SSSR count). The van der Waals surface area contributed by atoms with E-state index in [1.54, 1.807) is 4.90 Å². The summed E-state index contributed by atoms with van der Waals surface area (Å²) in [5, 5.41) is 0. The van der Waals surface area contributed by atoms with Gasteiger partial charge in [0.1, 0.15) is 6.04 Å². The monoisotopic (exact) mass is 467 g/mol. The summed E-state index contributed by atoms with van der Waals surface area (Å²) in [6, 6.07) is 27.5. The van der Waals surface area contributed by atoms with Crippen molar-refractivity contribution in [2.45, 2.75) is 43.7 Å². The molecule has 0 aromatic heterocycles. The summed E-state index contributed by atoms with van der Waals surface area (Å²) in [7, 11) is 0. The van der Waals surface area contributed by atoms with Crippen LogP contribution in [0.25, 0.3) is 0 Å². The van der Waals surface area contributed by atoms with Crippen LogP contribution in [-0.2, 0) is 4.79 Å². The van der Waals surface area contributed by atoms with Gasteiger partial charge in [-0.1, -0.05) is 72.8 Å². The van der Waals surface area contributed by atoms with E-state index in [4.69, 9.17) is 5.73 Å². The van der Waals surface area contributed by atoms with Gasteiger partial charge in [-0.25, -0.2) is 0 Å². The molecule has 0 bridgehead atoms. The molecule has 5 heteroatoms. The third-order valence-corrected chi connectivity index (χ3v) is 7.55. The molecule has 4 atom stereocenters. The average molecular weight is 468 g/mol. The maximum atomic E-state index is 13.8. The quantitative estimate of drug-likeness (QED) is 0.590. The average Bonchev–Trinajstić information content (AvgIpc) is 3.57. The van der Waals surface area contributed by atoms with Crippen molar-refractivity contribution in [3.8, 4) is 0 Å². The van der Waals surface area contributed by atoms with Gasteiger partial charge in [-0.05, 0) is 48.6 Å². The first kappa shape index (κ1) is 23.3. The fourth-order valence-electron chi connectivity index (χ4n) is 5.55. The third kappa shape index (κ3) is 4.87. The molecular weight excluding hydrogens is 434 g/mol. The molecule has 3 aromatic carbocycles. The van der Waals surface area contributed by atoms with Gasteiger partial charge in [-0.3, -0.25) is 9.59 Å². The molecule has 2 aliphatic heterocycles. The Kier molecular flexibility index (Phi) is 6.69. The van der Waals surface area contributed by atoms with Crippen LogP contribution in [0.4, 0.5) is 0 Å². The fourth-order valence-corrected chi connectivity index (χ4v) is 5.55. The minimum Gasteiger partial charge on any atom is -0.340 e. The molecule has 2 amide bonds. The number of hydrogen-bond donors (Lipinski definition) is 1. The van der Waals surface area contributed by atoms with E-state index < -0.39 is 6.04 Å². The van der Waals surface area contributed by atoms with Gasteiger partial charge in [0, 0.05) is 43.1 Å². The van der Waals surface area contributed by atoms with Gasteiger partial charge in [-0.2, -0.15) is 0 Å².